The first-order valence-corrected chi connectivity index (χ1v) is 12.1. The van der Waals surface area contributed by atoms with Gasteiger partial charge in [0, 0.05) is 10.6 Å². The van der Waals surface area contributed by atoms with E-state index in [0.29, 0.717) is 21.2 Å². The summed E-state index contributed by atoms with van der Waals surface area (Å²) in [5, 5.41) is 9.52. The predicted octanol–water partition coefficient (Wildman–Crippen LogP) is 6.63. The third kappa shape index (κ3) is 5.58. The third-order valence-corrected chi connectivity index (χ3v) is 6.90. The summed E-state index contributed by atoms with van der Waals surface area (Å²) in [6.45, 7) is 0.482. The summed E-state index contributed by atoms with van der Waals surface area (Å²) in [7, 11) is 0. The quantitative estimate of drug-likeness (QED) is 0.240. The van der Waals surface area contributed by atoms with Crippen LogP contribution in [0.4, 0.5) is 4.79 Å². The molecule has 0 bridgehead atoms. The minimum atomic E-state index is -0.316. The van der Waals surface area contributed by atoms with Crippen molar-refractivity contribution in [2.45, 2.75) is 13.2 Å². The highest BCUT2D eigenvalue weighted by Crippen LogP contribution is 2.34. The first kappa shape index (κ1) is 23.4. The SMILES string of the molecule is N#Cc1ccccc1COc1ccc(/C=C2\SC(=O)N(Cc3ccc(Cl)cc3)C2=O)cc1I. The van der Waals surface area contributed by atoms with Gasteiger partial charge in [-0.15, -0.1) is 0 Å². The standard InChI is InChI=1S/C25H16ClIN2O3S/c26-20-8-5-16(6-9-20)14-29-24(30)23(33-25(29)31)12-17-7-10-22(21(27)11-17)32-15-19-4-2-1-3-18(19)13-28/h1-12H,14-15H2/b23-12-. The van der Waals surface area contributed by atoms with E-state index in [4.69, 9.17) is 16.3 Å². The van der Waals surface area contributed by atoms with Crippen LogP contribution in [0.1, 0.15) is 22.3 Å². The molecule has 0 radical (unpaired) electrons. The first-order chi connectivity index (χ1) is 15.9. The fourth-order valence-corrected chi connectivity index (χ4v) is 4.85. The van der Waals surface area contributed by atoms with Gasteiger partial charge < -0.3 is 4.74 Å². The number of nitriles is 1. The van der Waals surface area contributed by atoms with Gasteiger partial charge in [-0.2, -0.15) is 5.26 Å². The lowest BCUT2D eigenvalue weighted by atomic mass is 10.1. The number of rotatable bonds is 6. The molecule has 1 aliphatic heterocycles. The number of benzene rings is 3. The Bertz CT molecular complexity index is 1300. The van der Waals surface area contributed by atoms with Crippen molar-refractivity contribution >= 4 is 63.2 Å². The normalized spacial score (nSPS) is 14.6. The molecule has 0 atom stereocenters. The zero-order chi connectivity index (χ0) is 23.4. The van der Waals surface area contributed by atoms with Crippen LogP contribution < -0.4 is 4.74 Å². The zero-order valence-electron chi connectivity index (χ0n) is 17.1. The maximum atomic E-state index is 12.8. The molecule has 5 nitrogen and oxygen atoms in total. The molecule has 8 heteroatoms. The van der Waals surface area contributed by atoms with Crippen molar-refractivity contribution < 1.29 is 14.3 Å². The lowest BCUT2D eigenvalue weighted by molar-refractivity contribution is -0.123. The number of hydrogen-bond acceptors (Lipinski definition) is 5. The fraction of sp³-hybridized carbons (Fsp3) is 0.0800. The third-order valence-electron chi connectivity index (χ3n) is 4.90. The van der Waals surface area contributed by atoms with Gasteiger partial charge in [0.05, 0.1) is 26.7 Å². The molecule has 1 aliphatic rings. The van der Waals surface area contributed by atoms with Crippen LogP contribution in [0.3, 0.4) is 0 Å². The molecule has 1 heterocycles. The van der Waals surface area contributed by atoms with Crippen molar-refractivity contribution in [2.75, 3.05) is 0 Å². The van der Waals surface area contributed by atoms with Gasteiger partial charge >= 0.3 is 0 Å². The van der Waals surface area contributed by atoms with E-state index < -0.39 is 0 Å². The lowest BCUT2D eigenvalue weighted by Gasteiger charge is -2.12. The number of thioether (sulfide) groups is 1. The number of nitrogens with zero attached hydrogens (tertiary/aromatic N) is 2. The Labute approximate surface area is 214 Å². The monoisotopic (exact) mass is 586 g/mol. The number of amides is 2. The van der Waals surface area contributed by atoms with Gasteiger partial charge in [0.15, 0.2) is 0 Å². The van der Waals surface area contributed by atoms with Gasteiger partial charge in [-0.05, 0) is 81.9 Å². The summed E-state index contributed by atoms with van der Waals surface area (Å²) in [5.41, 5.74) is 3.02. The molecule has 0 aliphatic carbocycles. The predicted molar refractivity (Wildman–Crippen MR) is 138 cm³/mol. The molecule has 0 aromatic heterocycles. The second kappa shape index (κ2) is 10.4. The molecule has 0 spiro atoms. The molecule has 1 saturated heterocycles. The van der Waals surface area contributed by atoms with Gasteiger partial charge in [0.1, 0.15) is 12.4 Å². The Kier molecular flexibility index (Phi) is 7.38. The van der Waals surface area contributed by atoms with Gasteiger partial charge in [0.2, 0.25) is 0 Å². The highest BCUT2D eigenvalue weighted by atomic mass is 127. The molecule has 0 N–H and O–H groups in total. The summed E-state index contributed by atoms with van der Waals surface area (Å²) >= 11 is 9.00. The van der Waals surface area contributed by atoms with E-state index in [1.165, 1.54) is 4.90 Å². The van der Waals surface area contributed by atoms with E-state index in [9.17, 15) is 14.9 Å². The van der Waals surface area contributed by atoms with E-state index in [0.717, 1.165) is 32.0 Å². The summed E-state index contributed by atoms with van der Waals surface area (Å²) in [5.74, 6) is 0.361. The van der Waals surface area contributed by atoms with Crippen molar-refractivity contribution in [1.29, 1.82) is 5.26 Å². The summed E-state index contributed by atoms with van der Waals surface area (Å²) in [6.07, 6.45) is 1.71. The van der Waals surface area contributed by atoms with E-state index in [1.54, 1.807) is 36.4 Å². The summed E-state index contributed by atoms with van der Waals surface area (Å²) < 4.78 is 6.75. The average molecular weight is 587 g/mol. The topological polar surface area (TPSA) is 70.4 Å². The van der Waals surface area contributed by atoms with Crippen LogP contribution in [0, 0.1) is 14.9 Å². The Morgan fingerprint density at radius 3 is 2.58 bits per heavy atom. The molecule has 3 aromatic carbocycles. The maximum absolute atomic E-state index is 12.8. The van der Waals surface area contributed by atoms with Gasteiger partial charge in [-0.25, -0.2) is 0 Å². The minimum absolute atomic E-state index is 0.202. The zero-order valence-corrected chi connectivity index (χ0v) is 20.9. The number of halogens is 2. The largest absolute Gasteiger partial charge is 0.488 e. The smallest absolute Gasteiger partial charge is 0.293 e. The summed E-state index contributed by atoms with van der Waals surface area (Å²) in [6, 6.07) is 22.1. The number of hydrogen-bond donors (Lipinski definition) is 0. The van der Waals surface area contributed by atoms with E-state index in [-0.39, 0.29) is 24.3 Å². The van der Waals surface area contributed by atoms with Gasteiger partial charge in [-0.1, -0.05) is 48.0 Å². The molecule has 0 saturated carbocycles. The lowest BCUT2D eigenvalue weighted by Crippen LogP contribution is -2.27. The molecule has 1 fully saturated rings. The Balaban J connectivity index is 1.46. The Morgan fingerprint density at radius 1 is 1.09 bits per heavy atom. The van der Waals surface area contributed by atoms with Crippen molar-refractivity contribution in [3.63, 3.8) is 0 Å². The van der Waals surface area contributed by atoms with Crippen molar-refractivity contribution in [3.05, 3.63) is 102 Å². The molecule has 4 rings (SSSR count). The van der Waals surface area contributed by atoms with Crippen LogP contribution in [-0.2, 0) is 17.9 Å². The number of ether oxygens (including phenoxy) is 1. The molecule has 3 aromatic rings. The van der Waals surface area contributed by atoms with Crippen LogP contribution in [0.5, 0.6) is 5.75 Å². The molecule has 0 unspecified atom stereocenters. The van der Waals surface area contributed by atoms with Gasteiger partial charge in [-0.3, -0.25) is 14.5 Å². The fourth-order valence-electron chi connectivity index (χ4n) is 3.19. The van der Waals surface area contributed by atoms with Crippen LogP contribution in [0.15, 0.2) is 71.6 Å². The van der Waals surface area contributed by atoms with Crippen LogP contribution in [0.25, 0.3) is 6.08 Å². The van der Waals surface area contributed by atoms with E-state index in [2.05, 4.69) is 28.7 Å². The van der Waals surface area contributed by atoms with E-state index in [1.807, 2.05) is 36.4 Å². The second-order valence-electron chi connectivity index (χ2n) is 7.14. The average Bonchev–Trinajstić information content (AvgIpc) is 3.07. The maximum Gasteiger partial charge on any atom is 0.293 e. The second-order valence-corrected chi connectivity index (χ2v) is 9.73. The molecular formula is C25H16ClIN2O3S. The molecule has 2 amide bonds. The number of carbonyl (C=O) groups excluding carboxylic acids is 2. The first-order valence-electron chi connectivity index (χ1n) is 9.85. The molecule has 33 heavy (non-hydrogen) atoms. The Morgan fingerprint density at radius 2 is 1.85 bits per heavy atom. The number of imide groups is 1. The highest BCUT2D eigenvalue weighted by Gasteiger charge is 2.35. The van der Waals surface area contributed by atoms with Crippen LogP contribution in [-0.4, -0.2) is 16.0 Å². The van der Waals surface area contributed by atoms with Gasteiger partial charge in [0.25, 0.3) is 11.1 Å². The Hall–Kier alpha value is -2.80. The van der Waals surface area contributed by atoms with E-state index >= 15 is 0 Å². The molecular weight excluding hydrogens is 571 g/mol. The van der Waals surface area contributed by atoms with Crippen LogP contribution >= 0.6 is 46.0 Å². The highest BCUT2D eigenvalue weighted by molar-refractivity contribution is 14.1. The minimum Gasteiger partial charge on any atom is -0.488 e. The van der Waals surface area contributed by atoms with Crippen molar-refractivity contribution in [1.82, 2.24) is 4.90 Å². The summed E-state index contributed by atoms with van der Waals surface area (Å²) in [4.78, 5) is 26.8. The van der Waals surface area contributed by atoms with Crippen LogP contribution in [0.2, 0.25) is 5.02 Å². The number of carbonyl (C=O) groups is 2. The van der Waals surface area contributed by atoms with Crippen molar-refractivity contribution in [2.24, 2.45) is 0 Å². The molecule has 164 valence electrons. The van der Waals surface area contributed by atoms with Crippen molar-refractivity contribution in [3.8, 4) is 11.8 Å².